The predicted octanol–water partition coefficient (Wildman–Crippen LogP) is 2.89. The maximum absolute atomic E-state index is 11.4. The van der Waals surface area contributed by atoms with Crippen LogP contribution in [0.5, 0.6) is 0 Å². The van der Waals surface area contributed by atoms with Gasteiger partial charge in [0.2, 0.25) is 10.0 Å². The number of hydrogen-bond donors (Lipinski definition) is 2. The molecule has 0 radical (unpaired) electrons. The van der Waals surface area contributed by atoms with Gasteiger partial charge >= 0.3 is 0 Å². The average molecular weight is 325 g/mol. The Labute approximate surface area is 129 Å². The number of nitrogens with one attached hydrogen (secondary N) is 1. The summed E-state index contributed by atoms with van der Waals surface area (Å²) >= 11 is 1.65. The molecule has 0 aliphatic heterocycles. The van der Waals surface area contributed by atoms with Crippen LogP contribution in [0.4, 0.5) is 5.69 Å². The summed E-state index contributed by atoms with van der Waals surface area (Å²) in [4.78, 5) is 5.79. The van der Waals surface area contributed by atoms with Crippen molar-refractivity contribution in [1.82, 2.24) is 4.98 Å². The van der Waals surface area contributed by atoms with Crippen molar-refractivity contribution in [1.29, 1.82) is 0 Å². The largest absolute Gasteiger partial charge is 0.377 e. The summed E-state index contributed by atoms with van der Waals surface area (Å²) in [6.07, 6.45) is 0. The van der Waals surface area contributed by atoms with E-state index < -0.39 is 10.0 Å². The molecule has 21 heavy (non-hydrogen) atoms. The van der Waals surface area contributed by atoms with Gasteiger partial charge in [0.15, 0.2) is 0 Å². The summed E-state index contributed by atoms with van der Waals surface area (Å²) in [5, 5.41) is 9.52. The van der Waals surface area contributed by atoms with E-state index in [1.807, 2.05) is 27.7 Å². The fraction of sp³-hybridized carbons (Fsp3) is 0.357. The molecule has 0 saturated carbocycles. The molecule has 1 atom stereocenters. The van der Waals surface area contributed by atoms with Crippen molar-refractivity contribution in [2.75, 3.05) is 5.32 Å². The first-order chi connectivity index (χ1) is 9.68. The summed E-state index contributed by atoms with van der Waals surface area (Å²) in [6, 6.07) is 4.81. The molecule has 0 saturated heterocycles. The van der Waals surface area contributed by atoms with Crippen molar-refractivity contribution in [3.63, 3.8) is 0 Å². The van der Waals surface area contributed by atoms with Crippen LogP contribution in [0.25, 0.3) is 0 Å². The maximum Gasteiger partial charge on any atom is 0.238 e. The van der Waals surface area contributed by atoms with Crippen molar-refractivity contribution < 1.29 is 8.42 Å². The summed E-state index contributed by atoms with van der Waals surface area (Å²) in [7, 11) is -3.70. The van der Waals surface area contributed by atoms with Crippen molar-refractivity contribution >= 4 is 27.0 Å². The minimum Gasteiger partial charge on any atom is -0.377 e. The lowest BCUT2D eigenvalue weighted by Gasteiger charge is -2.17. The molecule has 2 aromatic rings. The molecule has 5 nitrogen and oxygen atoms in total. The second kappa shape index (κ2) is 5.75. The summed E-state index contributed by atoms with van der Waals surface area (Å²) in [5.74, 6) is 0. The van der Waals surface area contributed by atoms with Crippen LogP contribution in [0.3, 0.4) is 0 Å². The van der Waals surface area contributed by atoms with E-state index >= 15 is 0 Å². The first-order valence-corrected chi connectivity index (χ1v) is 8.88. The highest BCUT2D eigenvalue weighted by Gasteiger charge is 2.15. The van der Waals surface area contributed by atoms with Gasteiger partial charge in [-0.1, -0.05) is 6.07 Å². The number of hydrogen-bond acceptors (Lipinski definition) is 5. The summed E-state index contributed by atoms with van der Waals surface area (Å²) in [6.45, 7) is 7.93. The molecule has 0 aliphatic carbocycles. The smallest absolute Gasteiger partial charge is 0.238 e. The number of rotatable bonds is 4. The Hall–Kier alpha value is -1.44. The van der Waals surface area contributed by atoms with Gasteiger partial charge in [0.25, 0.3) is 0 Å². The molecule has 1 heterocycles. The van der Waals surface area contributed by atoms with E-state index in [4.69, 9.17) is 5.14 Å². The highest BCUT2D eigenvalue weighted by atomic mass is 32.2. The predicted molar refractivity (Wildman–Crippen MR) is 86.2 cm³/mol. The Morgan fingerprint density at radius 1 is 1.29 bits per heavy atom. The topological polar surface area (TPSA) is 85.1 Å². The van der Waals surface area contributed by atoms with Crippen LogP contribution >= 0.6 is 11.3 Å². The number of aromatic nitrogens is 1. The zero-order valence-corrected chi connectivity index (χ0v) is 14.1. The standard InChI is InChI=1S/C14H19N3O2S2/c1-8-5-6-12(21(15,18)19)7-13(8)16-9(2)14-10(3)20-11(4)17-14/h5-7,9,16H,1-4H3,(H2,15,18,19). The number of nitrogens with zero attached hydrogens (tertiary/aromatic N) is 1. The third-order valence-electron chi connectivity index (χ3n) is 3.26. The van der Waals surface area contributed by atoms with Gasteiger partial charge in [0.05, 0.1) is 21.6 Å². The molecule has 0 fully saturated rings. The van der Waals surface area contributed by atoms with Crippen LogP contribution in [0, 0.1) is 20.8 Å². The highest BCUT2D eigenvalue weighted by molar-refractivity contribution is 7.89. The van der Waals surface area contributed by atoms with Crippen LogP contribution in [-0.2, 0) is 10.0 Å². The fourth-order valence-corrected chi connectivity index (χ4v) is 3.64. The number of thiazole rings is 1. The molecule has 114 valence electrons. The van der Waals surface area contributed by atoms with Crippen LogP contribution in [0.15, 0.2) is 23.1 Å². The van der Waals surface area contributed by atoms with Crippen molar-refractivity contribution in [3.05, 3.63) is 39.3 Å². The summed E-state index contributed by atoms with van der Waals surface area (Å²) in [5.41, 5.74) is 2.69. The lowest BCUT2D eigenvalue weighted by molar-refractivity contribution is 0.598. The molecular weight excluding hydrogens is 306 g/mol. The van der Waals surface area contributed by atoms with Crippen molar-refractivity contribution in [3.8, 4) is 0 Å². The molecule has 0 aliphatic rings. The van der Waals surface area contributed by atoms with Gasteiger partial charge in [0.1, 0.15) is 0 Å². The Morgan fingerprint density at radius 3 is 2.48 bits per heavy atom. The highest BCUT2D eigenvalue weighted by Crippen LogP contribution is 2.28. The maximum atomic E-state index is 11.4. The average Bonchev–Trinajstić information content (AvgIpc) is 2.70. The molecule has 7 heteroatoms. The van der Waals surface area contributed by atoms with Gasteiger partial charge < -0.3 is 5.32 Å². The lowest BCUT2D eigenvalue weighted by Crippen LogP contribution is -2.14. The molecule has 2 rings (SSSR count). The Balaban J connectivity index is 2.33. The van der Waals surface area contributed by atoms with Gasteiger partial charge in [-0.3, -0.25) is 0 Å². The van der Waals surface area contributed by atoms with Gasteiger partial charge in [-0.05, 0) is 45.4 Å². The van der Waals surface area contributed by atoms with E-state index in [9.17, 15) is 8.42 Å². The van der Waals surface area contributed by atoms with Crippen LogP contribution < -0.4 is 10.5 Å². The number of primary sulfonamides is 1. The number of nitrogens with two attached hydrogens (primary N) is 1. The van der Waals surface area contributed by atoms with Crippen LogP contribution in [0.2, 0.25) is 0 Å². The van der Waals surface area contributed by atoms with Crippen LogP contribution in [-0.4, -0.2) is 13.4 Å². The van der Waals surface area contributed by atoms with Gasteiger partial charge in [-0.15, -0.1) is 11.3 Å². The number of aryl methyl sites for hydroxylation is 3. The number of benzene rings is 1. The molecule has 1 aromatic carbocycles. The molecule has 0 bridgehead atoms. The monoisotopic (exact) mass is 325 g/mol. The molecule has 3 N–H and O–H groups in total. The van der Waals surface area contributed by atoms with E-state index in [0.29, 0.717) is 0 Å². The SMILES string of the molecule is Cc1nc(C(C)Nc2cc(S(N)(=O)=O)ccc2C)c(C)s1. The van der Waals surface area contributed by atoms with Gasteiger partial charge in [-0.25, -0.2) is 18.5 Å². The molecule has 1 unspecified atom stereocenters. The van der Waals surface area contributed by atoms with Gasteiger partial charge in [-0.2, -0.15) is 0 Å². The minimum absolute atomic E-state index is 0.00983. The Morgan fingerprint density at radius 2 is 1.95 bits per heavy atom. The number of sulfonamides is 1. The summed E-state index contributed by atoms with van der Waals surface area (Å²) < 4.78 is 22.9. The fourth-order valence-electron chi connectivity index (χ4n) is 2.18. The van der Waals surface area contributed by atoms with Crippen molar-refractivity contribution in [2.45, 2.75) is 38.6 Å². The molecule has 1 aromatic heterocycles. The van der Waals surface area contributed by atoms with E-state index in [1.165, 1.54) is 6.07 Å². The normalized spacial score (nSPS) is 13.2. The first-order valence-electron chi connectivity index (χ1n) is 6.52. The van der Waals surface area contributed by atoms with Crippen molar-refractivity contribution in [2.24, 2.45) is 5.14 Å². The minimum atomic E-state index is -3.70. The van der Waals surface area contributed by atoms with E-state index in [1.54, 1.807) is 23.5 Å². The third-order valence-corrected chi connectivity index (χ3v) is 5.07. The molecular formula is C14H19N3O2S2. The zero-order chi connectivity index (χ0) is 15.8. The molecule has 0 spiro atoms. The van der Waals surface area contributed by atoms with Gasteiger partial charge in [0, 0.05) is 10.6 Å². The quantitative estimate of drug-likeness (QED) is 0.905. The second-order valence-corrected chi connectivity index (χ2v) is 8.03. The lowest BCUT2D eigenvalue weighted by atomic mass is 10.1. The van der Waals surface area contributed by atoms with E-state index in [0.717, 1.165) is 26.8 Å². The third kappa shape index (κ3) is 3.61. The Kier molecular flexibility index (Phi) is 4.36. The first kappa shape index (κ1) is 15.9. The van der Waals surface area contributed by atoms with E-state index in [2.05, 4.69) is 10.3 Å². The molecule has 0 amide bonds. The van der Waals surface area contributed by atoms with E-state index in [-0.39, 0.29) is 10.9 Å². The second-order valence-electron chi connectivity index (χ2n) is 5.06. The zero-order valence-electron chi connectivity index (χ0n) is 12.5. The Bertz CT molecular complexity index is 767. The number of anilines is 1. The van der Waals surface area contributed by atoms with Crippen LogP contribution in [0.1, 0.15) is 34.1 Å².